The zero-order valence-electron chi connectivity index (χ0n) is 22.9. The van der Waals surface area contributed by atoms with Crippen molar-refractivity contribution >= 4 is 40.1 Å². The van der Waals surface area contributed by atoms with Crippen LogP contribution in [0.25, 0.3) is 16.6 Å². The predicted octanol–water partition coefficient (Wildman–Crippen LogP) is 6.77. The third-order valence-electron chi connectivity index (χ3n) is 8.17. The number of fused-ring (bicyclic) bond motifs is 1. The van der Waals surface area contributed by atoms with E-state index in [1.54, 1.807) is 29.2 Å². The topological polar surface area (TPSA) is 95.5 Å². The second kappa shape index (κ2) is 11.4. The number of aromatic amines is 1. The van der Waals surface area contributed by atoms with E-state index in [0.29, 0.717) is 52.6 Å². The molecule has 1 aliphatic heterocycles. The van der Waals surface area contributed by atoms with Gasteiger partial charge in [0.05, 0.1) is 29.1 Å². The quantitative estimate of drug-likeness (QED) is 0.243. The van der Waals surface area contributed by atoms with Gasteiger partial charge in [-0.05, 0) is 42.0 Å². The van der Waals surface area contributed by atoms with Crippen molar-refractivity contribution in [1.82, 2.24) is 14.9 Å². The number of methoxy groups -OCH3 is 1. The number of carboxylic acid groups (broad SMARTS) is 1. The Morgan fingerprint density at radius 2 is 1.86 bits per heavy atom. The number of nitrogens with zero attached hydrogens (tertiary/aromatic N) is 2. The molecule has 1 unspecified atom stereocenters. The first-order valence-electron chi connectivity index (χ1n) is 13.8. The lowest BCUT2D eigenvalue weighted by Gasteiger charge is -2.32. The third-order valence-corrected chi connectivity index (χ3v) is 8.57. The summed E-state index contributed by atoms with van der Waals surface area (Å²) in [5.41, 5.74) is 3.68. The second-order valence-electron chi connectivity index (χ2n) is 10.6. The van der Waals surface area contributed by atoms with E-state index >= 15 is 0 Å². The number of hydrogen-bond acceptors (Lipinski definition) is 4. The van der Waals surface area contributed by atoms with Gasteiger partial charge < -0.3 is 19.7 Å². The number of imidazole rings is 1. The Hall–Kier alpha value is -4.43. The van der Waals surface area contributed by atoms with Crippen LogP contribution in [0.4, 0.5) is 4.39 Å². The van der Waals surface area contributed by atoms with E-state index in [4.69, 9.17) is 16.3 Å². The van der Waals surface area contributed by atoms with Crippen LogP contribution in [0.3, 0.4) is 0 Å². The number of likely N-dealkylation sites (tertiary alicyclic amines) is 1. The standard InChI is InChI=1S/C33H29ClFN3O4/c1-42-29-18-28-27(17-26(29)35)36-31(37-28)23-8-5-9-25(34)30(23)22-11-10-21(16-24(22)33(40)41)32(39)38-14-12-20(13-15-38)19-6-3-2-4-7-19/h2-11,16-18,20,25,30H,12-15H2,1H3,(H,36,37)(H,40,41)/t25?,30-/m1/s1. The molecule has 0 spiro atoms. The monoisotopic (exact) mass is 585 g/mol. The Morgan fingerprint density at radius 3 is 2.57 bits per heavy atom. The molecule has 42 heavy (non-hydrogen) atoms. The summed E-state index contributed by atoms with van der Waals surface area (Å²) in [5.74, 6) is -1.54. The molecule has 6 rings (SSSR count). The number of H-pyrrole nitrogens is 1. The first-order chi connectivity index (χ1) is 20.3. The number of halogens is 2. The maximum Gasteiger partial charge on any atom is 0.336 e. The number of benzene rings is 3. The average Bonchev–Trinajstić information content (AvgIpc) is 3.43. The summed E-state index contributed by atoms with van der Waals surface area (Å²) in [6, 6.07) is 17.9. The molecule has 2 heterocycles. The van der Waals surface area contributed by atoms with Gasteiger partial charge in [-0.3, -0.25) is 4.79 Å². The van der Waals surface area contributed by atoms with Crippen molar-refractivity contribution in [2.75, 3.05) is 20.2 Å². The molecule has 7 nitrogen and oxygen atoms in total. The Kier molecular flexibility index (Phi) is 7.56. The summed E-state index contributed by atoms with van der Waals surface area (Å²) in [4.78, 5) is 35.6. The van der Waals surface area contributed by atoms with Crippen molar-refractivity contribution in [3.63, 3.8) is 0 Å². The van der Waals surface area contributed by atoms with Gasteiger partial charge in [0.25, 0.3) is 5.91 Å². The largest absolute Gasteiger partial charge is 0.494 e. The molecule has 0 saturated carbocycles. The first kappa shape index (κ1) is 27.7. The van der Waals surface area contributed by atoms with Crippen LogP contribution in [0.5, 0.6) is 5.75 Å². The molecule has 4 aromatic rings. The number of aromatic nitrogens is 2. The number of carbonyl (C=O) groups is 2. The highest BCUT2D eigenvalue weighted by Gasteiger charge is 2.33. The van der Waals surface area contributed by atoms with E-state index in [9.17, 15) is 19.1 Å². The van der Waals surface area contributed by atoms with Crippen LogP contribution < -0.4 is 4.74 Å². The van der Waals surface area contributed by atoms with Gasteiger partial charge in [-0.15, -0.1) is 11.6 Å². The normalized spacial score (nSPS) is 19.1. The molecule has 1 aliphatic carbocycles. The van der Waals surface area contributed by atoms with Crippen LogP contribution in [0, 0.1) is 5.82 Å². The highest BCUT2D eigenvalue weighted by molar-refractivity contribution is 6.23. The number of nitrogens with one attached hydrogen (secondary N) is 1. The summed E-state index contributed by atoms with van der Waals surface area (Å²) < 4.78 is 19.4. The Labute approximate surface area is 247 Å². The summed E-state index contributed by atoms with van der Waals surface area (Å²) in [7, 11) is 1.39. The highest BCUT2D eigenvalue weighted by atomic mass is 35.5. The number of hydrogen-bond donors (Lipinski definition) is 2. The number of alkyl halides is 1. The fourth-order valence-corrected chi connectivity index (χ4v) is 6.35. The molecular formula is C33H29ClFN3O4. The van der Waals surface area contributed by atoms with Crippen molar-refractivity contribution in [1.29, 1.82) is 0 Å². The first-order valence-corrected chi connectivity index (χ1v) is 14.2. The Bertz CT molecular complexity index is 1720. The maximum atomic E-state index is 14.3. The Balaban J connectivity index is 1.29. The molecule has 0 bridgehead atoms. The van der Waals surface area contributed by atoms with Crippen LogP contribution in [0.2, 0.25) is 0 Å². The summed E-state index contributed by atoms with van der Waals surface area (Å²) in [5, 5.41) is 9.65. The number of piperidine rings is 1. The van der Waals surface area contributed by atoms with Gasteiger partial charge in [0.1, 0.15) is 5.82 Å². The van der Waals surface area contributed by atoms with E-state index in [1.165, 1.54) is 30.9 Å². The number of allylic oxidation sites excluding steroid dienone is 4. The predicted molar refractivity (Wildman–Crippen MR) is 160 cm³/mol. The molecule has 1 aromatic heterocycles. The molecule has 2 N–H and O–H groups in total. The highest BCUT2D eigenvalue weighted by Crippen LogP contribution is 2.42. The van der Waals surface area contributed by atoms with Gasteiger partial charge in [0.2, 0.25) is 0 Å². The summed E-state index contributed by atoms with van der Waals surface area (Å²) in [6.45, 7) is 1.20. The van der Waals surface area contributed by atoms with E-state index < -0.39 is 23.1 Å². The second-order valence-corrected chi connectivity index (χ2v) is 11.1. The van der Waals surface area contributed by atoms with Crippen LogP contribution in [0.1, 0.15) is 62.3 Å². The minimum atomic E-state index is -1.16. The van der Waals surface area contributed by atoms with Crippen LogP contribution in [-0.4, -0.2) is 57.4 Å². The minimum absolute atomic E-state index is 0.000645. The fraction of sp³-hybridized carbons (Fsp3) is 0.242. The summed E-state index contributed by atoms with van der Waals surface area (Å²) in [6.07, 6.45) is 7.08. The smallest absolute Gasteiger partial charge is 0.336 e. The number of aromatic carboxylic acids is 1. The van der Waals surface area contributed by atoms with Crippen molar-refractivity contribution in [2.45, 2.75) is 30.1 Å². The van der Waals surface area contributed by atoms with Gasteiger partial charge in [-0.2, -0.15) is 0 Å². The van der Waals surface area contributed by atoms with Crippen molar-refractivity contribution in [3.8, 4) is 5.75 Å². The van der Waals surface area contributed by atoms with Crippen molar-refractivity contribution in [2.24, 2.45) is 0 Å². The van der Waals surface area contributed by atoms with Gasteiger partial charge in [0, 0.05) is 42.3 Å². The van der Waals surface area contributed by atoms with Gasteiger partial charge in [-0.25, -0.2) is 14.2 Å². The number of carboxylic acids is 1. The van der Waals surface area contributed by atoms with Gasteiger partial charge in [-0.1, -0.05) is 54.6 Å². The number of carbonyl (C=O) groups excluding carboxylic acids is 1. The lowest BCUT2D eigenvalue weighted by molar-refractivity contribution is 0.0695. The molecule has 2 aliphatic rings. The molecule has 1 fully saturated rings. The zero-order chi connectivity index (χ0) is 29.4. The minimum Gasteiger partial charge on any atom is -0.494 e. The van der Waals surface area contributed by atoms with Crippen molar-refractivity contribution in [3.05, 3.63) is 113 Å². The molecule has 0 radical (unpaired) electrons. The maximum absolute atomic E-state index is 14.3. The SMILES string of the molecule is COc1cc2[nH]c(C3=CC=CC(Cl)[C@@H]3c3ccc(C(=O)N4CCC(c5ccccc5)CC4)cc3C(=O)O)nc2cc1F. The van der Waals surface area contributed by atoms with E-state index in [-0.39, 0.29) is 17.2 Å². The van der Waals surface area contributed by atoms with Crippen LogP contribution in [-0.2, 0) is 0 Å². The van der Waals surface area contributed by atoms with E-state index in [2.05, 4.69) is 22.1 Å². The van der Waals surface area contributed by atoms with E-state index in [1.807, 2.05) is 24.3 Å². The number of rotatable bonds is 6. The van der Waals surface area contributed by atoms with E-state index in [0.717, 1.165) is 12.8 Å². The van der Waals surface area contributed by atoms with Crippen molar-refractivity contribution < 1.29 is 23.8 Å². The molecule has 1 saturated heterocycles. The molecule has 3 aromatic carbocycles. The van der Waals surface area contributed by atoms with Gasteiger partial charge in [0.15, 0.2) is 11.6 Å². The van der Waals surface area contributed by atoms with Crippen LogP contribution >= 0.6 is 11.6 Å². The molecule has 214 valence electrons. The third kappa shape index (κ3) is 5.18. The number of amides is 1. The lowest BCUT2D eigenvalue weighted by atomic mass is 9.81. The molecule has 9 heteroatoms. The lowest BCUT2D eigenvalue weighted by Crippen LogP contribution is -2.38. The summed E-state index contributed by atoms with van der Waals surface area (Å²) >= 11 is 6.78. The molecule has 2 atom stereocenters. The zero-order valence-corrected chi connectivity index (χ0v) is 23.6. The average molecular weight is 586 g/mol. The van der Waals surface area contributed by atoms with Crippen LogP contribution in [0.15, 0.2) is 78.9 Å². The fourth-order valence-electron chi connectivity index (χ4n) is 5.99. The number of ether oxygens (including phenoxy) is 1. The molecular weight excluding hydrogens is 557 g/mol. The molecule has 1 amide bonds. The van der Waals surface area contributed by atoms with Gasteiger partial charge >= 0.3 is 5.97 Å². The Morgan fingerprint density at radius 1 is 1.10 bits per heavy atom.